The molecule has 63 heavy (non-hydrogen) atoms. The van der Waals surface area contributed by atoms with E-state index in [9.17, 15) is 0 Å². The fraction of sp³-hybridized carbons (Fsp3) is 0.393. The van der Waals surface area contributed by atoms with Gasteiger partial charge in [-0.1, -0.05) is 164 Å². The molecule has 0 aliphatic heterocycles. The molecule has 4 aromatic carbocycles. The molecule has 0 aliphatic carbocycles. The molecule has 2 unspecified atom stereocenters. The Kier molecular flexibility index (Phi) is 16.5. The second kappa shape index (κ2) is 21.6. The average molecular weight is 902 g/mol. The molecule has 7 heteroatoms. The van der Waals surface area contributed by atoms with Gasteiger partial charge >= 0.3 is 0 Å². The molecule has 2 aromatic heterocycles. The second-order valence-corrected chi connectivity index (χ2v) is 29.6. The van der Waals surface area contributed by atoms with Crippen molar-refractivity contribution in [1.82, 2.24) is 9.97 Å². The van der Waals surface area contributed by atoms with Gasteiger partial charge in [0, 0.05) is 98.1 Å². The molecule has 328 valence electrons. The summed E-state index contributed by atoms with van der Waals surface area (Å²) in [7, 11) is -1.64. The molecule has 6 aromatic rings. The first-order valence-corrected chi connectivity index (χ1v) is 32.2. The number of pyridine rings is 2. The van der Waals surface area contributed by atoms with Crippen molar-refractivity contribution < 1.29 is 4.74 Å². The average Bonchev–Trinajstić information content (AvgIpc) is 3.28. The van der Waals surface area contributed by atoms with Crippen molar-refractivity contribution in [2.24, 2.45) is 10.8 Å². The van der Waals surface area contributed by atoms with Gasteiger partial charge in [-0.2, -0.15) is 0 Å². The van der Waals surface area contributed by atoms with Crippen molar-refractivity contribution in [1.29, 1.82) is 0 Å². The van der Waals surface area contributed by atoms with Crippen molar-refractivity contribution in [2.45, 2.75) is 128 Å². The summed E-state index contributed by atoms with van der Waals surface area (Å²) < 4.78 is 8.50. The van der Waals surface area contributed by atoms with Crippen LogP contribution in [0.3, 0.4) is 0 Å². The van der Waals surface area contributed by atoms with E-state index in [1.54, 1.807) is 0 Å². The minimum Gasteiger partial charge on any atom is -0.375 e. The SMILES string of the molecule is C[SiH2]C([SiH2]C)(C(CCC#Cc1ccc(Cc2nccc3ccccc23)cc1)OC(CCC#Cc1ccc(Cc2nccc3ccccc23)cc1)C([SiH2]C)([SiH2]C)C(C)(C)C)C(C)(C)C. The lowest BCUT2D eigenvalue weighted by atomic mass is 9.83. The summed E-state index contributed by atoms with van der Waals surface area (Å²) in [4.78, 5) is 9.45. The Bertz CT molecular complexity index is 2350. The van der Waals surface area contributed by atoms with Crippen molar-refractivity contribution in [3.05, 3.63) is 155 Å². The zero-order chi connectivity index (χ0) is 45.1. The van der Waals surface area contributed by atoms with Crippen LogP contribution in [0.1, 0.15) is 101 Å². The molecule has 0 amide bonds. The summed E-state index contributed by atoms with van der Waals surface area (Å²) in [6.07, 6.45) is 9.61. The van der Waals surface area contributed by atoms with E-state index in [0.717, 1.165) is 61.0 Å². The van der Waals surface area contributed by atoms with Crippen LogP contribution < -0.4 is 0 Å². The molecule has 6 rings (SSSR count). The standard InChI is InChI=1S/C56H72N2OSi4/c1-53(2,3)55(60-7,61-8)51(25-17-11-19-41-27-31-43(32-28-41)39-49-47-23-15-13-21-45(47)35-37-57-49)59-52(56(62-9,63-10)54(4,5)6)26-18-12-20-42-29-33-44(34-30-42)40-50-48-24-16-14-22-46(48)36-38-58-50/h13-16,21-24,27-38,51-52H,17-18,25-26,39-40,60-63H2,1-10H3. The van der Waals surface area contributed by atoms with Crippen molar-refractivity contribution in [3.63, 3.8) is 0 Å². The Morgan fingerprint density at radius 3 is 1.21 bits per heavy atom. The van der Waals surface area contributed by atoms with Gasteiger partial charge in [0.05, 0.1) is 23.6 Å². The lowest BCUT2D eigenvalue weighted by molar-refractivity contribution is -0.0698. The van der Waals surface area contributed by atoms with Crippen LogP contribution in [0.4, 0.5) is 0 Å². The second-order valence-electron chi connectivity index (χ2n) is 19.7. The van der Waals surface area contributed by atoms with Crippen LogP contribution in [0.5, 0.6) is 0 Å². The summed E-state index contributed by atoms with van der Waals surface area (Å²) in [5.74, 6) is 14.4. The predicted octanol–water partition coefficient (Wildman–Crippen LogP) is 10.9. The zero-order valence-electron chi connectivity index (χ0n) is 40.1. The third kappa shape index (κ3) is 11.3. The lowest BCUT2D eigenvalue weighted by Crippen LogP contribution is -2.54. The maximum Gasteiger partial charge on any atom is 0.0591 e. The highest BCUT2D eigenvalue weighted by Gasteiger charge is 2.51. The maximum absolute atomic E-state index is 7.90. The Hall–Kier alpha value is -4.35. The monoisotopic (exact) mass is 900 g/mol. The third-order valence-electron chi connectivity index (χ3n) is 14.8. The quantitative estimate of drug-likeness (QED) is 0.0717. The molecule has 0 saturated carbocycles. The molecule has 3 nitrogen and oxygen atoms in total. The van der Waals surface area contributed by atoms with Gasteiger partial charge in [0.1, 0.15) is 0 Å². The van der Waals surface area contributed by atoms with E-state index < -0.39 is 38.1 Å². The normalized spacial score (nSPS) is 15.5. The van der Waals surface area contributed by atoms with Crippen LogP contribution in [-0.4, -0.2) is 60.3 Å². The molecule has 2 atom stereocenters. The van der Waals surface area contributed by atoms with Gasteiger partial charge in [-0.25, -0.2) is 0 Å². The summed E-state index contributed by atoms with van der Waals surface area (Å²) in [5.41, 5.74) is 7.30. The fourth-order valence-electron chi connectivity index (χ4n) is 10.8. The van der Waals surface area contributed by atoms with Crippen LogP contribution in [0.25, 0.3) is 21.5 Å². The van der Waals surface area contributed by atoms with Gasteiger partial charge < -0.3 is 4.74 Å². The number of ether oxygens (including phenoxy) is 1. The van der Waals surface area contributed by atoms with Crippen LogP contribution >= 0.6 is 0 Å². The number of hydrogen-bond acceptors (Lipinski definition) is 3. The van der Waals surface area contributed by atoms with Crippen molar-refractivity contribution >= 4 is 59.6 Å². The van der Waals surface area contributed by atoms with Gasteiger partial charge in [-0.15, -0.1) is 0 Å². The number of rotatable bonds is 16. The Labute approximate surface area is 389 Å². The van der Waals surface area contributed by atoms with E-state index in [1.807, 2.05) is 12.4 Å². The molecule has 0 aliphatic rings. The van der Waals surface area contributed by atoms with Gasteiger partial charge in [0.2, 0.25) is 0 Å². The van der Waals surface area contributed by atoms with E-state index in [0.29, 0.717) is 9.32 Å². The first-order chi connectivity index (χ1) is 30.3. The summed E-state index contributed by atoms with van der Waals surface area (Å²) in [6.45, 7) is 25.2. The Morgan fingerprint density at radius 1 is 0.492 bits per heavy atom. The van der Waals surface area contributed by atoms with Crippen LogP contribution in [0.15, 0.2) is 122 Å². The number of fused-ring (bicyclic) bond motifs is 2. The lowest BCUT2D eigenvalue weighted by Gasteiger charge is -2.54. The molecule has 0 radical (unpaired) electrons. The van der Waals surface area contributed by atoms with Crippen molar-refractivity contribution in [3.8, 4) is 23.7 Å². The molecular formula is C56H72N2OSi4. The first kappa shape index (κ1) is 48.1. The summed E-state index contributed by atoms with van der Waals surface area (Å²) in [5, 5.41) is 4.92. The Balaban J connectivity index is 1.19. The summed E-state index contributed by atoms with van der Waals surface area (Å²) in [6, 6.07) is 38.8. The number of nitrogens with zero attached hydrogens (tertiary/aromatic N) is 2. The van der Waals surface area contributed by atoms with Gasteiger partial charge in [-0.3, -0.25) is 9.97 Å². The third-order valence-corrected chi connectivity index (χ3v) is 31.9. The van der Waals surface area contributed by atoms with E-state index in [4.69, 9.17) is 14.7 Å². The maximum atomic E-state index is 7.90. The number of benzene rings is 4. The molecule has 2 heterocycles. The van der Waals surface area contributed by atoms with Gasteiger partial charge in [0.15, 0.2) is 0 Å². The highest BCUT2D eigenvalue weighted by molar-refractivity contribution is 6.62. The summed E-state index contributed by atoms with van der Waals surface area (Å²) >= 11 is 0. The predicted molar refractivity (Wildman–Crippen MR) is 285 cm³/mol. The number of hydrogen-bond donors (Lipinski definition) is 0. The van der Waals surface area contributed by atoms with E-state index in [-0.39, 0.29) is 23.0 Å². The Morgan fingerprint density at radius 2 is 0.857 bits per heavy atom. The van der Waals surface area contributed by atoms with E-state index in [1.165, 1.54) is 32.7 Å². The highest BCUT2D eigenvalue weighted by Crippen LogP contribution is 2.54. The smallest absolute Gasteiger partial charge is 0.0591 e. The molecule has 0 spiro atoms. The largest absolute Gasteiger partial charge is 0.375 e. The van der Waals surface area contributed by atoms with Crippen molar-refractivity contribution in [2.75, 3.05) is 0 Å². The topological polar surface area (TPSA) is 35.0 Å². The van der Waals surface area contributed by atoms with Gasteiger partial charge in [-0.05, 0) is 91.3 Å². The molecule has 0 N–H and O–H groups in total. The van der Waals surface area contributed by atoms with Crippen LogP contribution in [0.2, 0.25) is 35.5 Å². The minimum atomic E-state index is -0.410. The van der Waals surface area contributed by atoms with Crippen LogP contribution in [-0.2, 0) is 17.6 Å². The van der Waals surface area contributed by atoms with Gasteiger partial charge in [0.25, 0.3) is 0 Å². The highest BCUT2D eigenvalue weighted by atomic mass is 28.3. The fourth-order valence-corrected chi connectivity index (χ4v) is 22.1. The minimum absolute atomic E-state index is 0.194. The first-order valence-electron chi connectivity index (χ1n) is 23.7. The molecule has 0 fully saturated rings. The number of aromatic nitrogens is 2. The molecular weight excluding hydrogens is 829 g/mol. The molecule has 0 saturated heterocycles. The van der Waals surface area contributed by atoms with E-state index >= 15 is 0 Å². The zero-order valence-corrected chi connectivity index (χ0v) is 45.7. The molecule has 0 bridgehead atoms. The van der Waals surface area contributed by atoms with Crippen LogP contribution in [0, 0.1) is 34.5 Å². The van der Waals surface area contributed by atoms with E-state index in [2.05, 4.69) is 201 Å².